The van der Waals surface area contributed by atoms with Crippen LogP contribution in [0.15, 0.2) is 77.7 Å². The number of halogens is 3. The smallest absolute Gasteiger partial charge is 0.416 e. The largest absolute Gasteiger partial charge is 0.454 e. The van der Waals surface area contributed by atoms with Crippen molar-refractivity contribution in [2.45, 2.75) is 17.6 Å². The first-order chi connectivity index (χ1) is 18.6. The number of nitrogens with zero attached hydrogens (tertiary/aromatic N) is 3. The number of rotatable bonds is 7. The number of sulfonamides is 1. The molecule has 0 N–H and O–H groups in total. The van der Waals surface area contributed by atoms with Crippen molar-refractivity contribution >= 4 is 21.6 Å². The molecular formula is C27H26F3N3O5S. The molecule has 1 fully saturated rings. The molecule has 1 saturated heterocycles. The summed E-state index contributed by atoms with van der Waals surface area (Å²) in [5.74, 6) is 0.898. The van der Waals surface area contributed by atoms with Crippen LogP contribution in [0.3, 0.4) is 0 Å². The Morgan fingerprint density at radius 1 is 0.872 bits per heavy atom. The van der Waals surface area contributed by atoms with Gasteiger partial charge >= 0.3 is 6.18 Å². The maximum atomic E-state index is 13.5. The minimum atomic E-state index is -4.67. The zero-order chi connectivity index (χ0) is 27.6. The third-order valence-electron chi connectivity index (χ3n) is 6.64. The topological polar surface area (TPSA) is 79.4 Å². The van der Waals surface area contributed by atoms with Gasteiger partial charge in [0, 0.05) is 32.7 Å². The number of alkyl halides is 3. The summed E-state index contributed by atoms with van der Waals surface area (Å²) in [6, 6.07) is 17.1. The summed E-state index contributed by atoms with van der Waals surface area (Å²) in [5, 5.41) is 0. The van der Waals surface area contributed by atoms with E-state index in [-0.39, 0.29) is 17.4 Å². The van der Waals surface area contributed by atoms with Gasteiger partial charge in [-0.2, -0.15) is 13.2 Å². The van der Waals surface area contributed by atoms with Crippen molar-refractivity contribution in [3.63, 3.8) is 0 Å². The van der Waals surface area contributed by atoms with Gasteiger partial charge in [-0.1, -0.05) is 30.3 Å². The molecule has 0 bridgehead atoms. The van der Waals surface area contributed by atoms with Crippen molar-refractivity contribution in [3.8, 4) is 11.5 Å². The first-order valence-corrected chi connectivity index (χ1v) is 13.7. The van der Waals surface area contributed by atoms with Crippen molar-refractivity contribution < 1.29 is 35.9 Å². The lowest BCUT2D eigenvalue weighted by Gasteiger charge is -2.36. The van der Waals surface area contributed by atoms with Crippen LogP contribution >= 0.6 is 0 Å². The molecule has 5 rings (SSSR count). The number of benzene rings is 3. The van der Waals surface area contributed by atoms with Crippen LogP contribution < -0.4 is 13.8 Å². The molecule has 0 aromatic heterocycles. The molecule has 0 radical (unpaired) electrons. The summed E-state index contributed by atoms with van der Waals surface area (Å²) in [6.45, 7) is 2.01. The van der Waals surface area contributed by atoms with E-state index >= 15 is 0 Å². The fourth-order valence-corrected chi connectivity index (χ4v) is 5.97. The van der Waals surface area contributed by atoms with Crippen LogP contribution in [0, 0.1) is 0 Å². The third-order valence-corrected chi connectivity index (χ3v) is 8.43. The number of hydrogen-bond donors (Lipinski definition) is 0. The fourth-order valence-electron chi connectivity index (χ4n) is 4.55. The average Bonchev–Trinajstić information content (AvgIpc) is 3.40. The molecule has 0 saturated carbocycles. The second-order valence-corrected chi connectivity index (χ2v) is 11.1. The zero-order valence-corrected chi connectivity index (χ0v) is 21.6. The molecule has 3 aromatic carbocycles. The number of amides is 1. The second kappa shape index (κ2) is 10.8. The standard InChI is InChI=1S/C27H26F3N3O5S/c28-27(29,30)21-5-4-6-22(16-21)33(39(35,36)23-7-2-1-3-8-23)18-26(34)32-13-11-31(12-14-32)17-20-9-10-24-25(15-20)38-19-37-24/h1-10,15-16H,11-14,17-19H2. The van der Waals surface area contributed by atoms with E-state index in [0.29, 0.717) is 44.2 Å². The molecule has 206 valence electrons. The number of anilines is 1. The highest BCUT2D eigenvalue weighted by Crippen LogP contribution is 2.34. The molecule has 12 heteroatoms. The Kier molecular flexibility index (Phi) is 7.41. The fraction of sp³-hybridized carbons (Fsp3) is 0.296. The van der Waals surface area contributed by atoms with Gasteiger partial charge in [0.25, 0.3) is 10.0 Å². The van der Waals surface area contributed by atoms with Crippen molar-refractivity contribution in [2.24, 2.45) is 0 Å². The van der Waals surface area contributed by atoms with E-state index in [4.69, 9.17) is 9.47 Å². The van der Waals surface area contributed by atoms with Crippen LogP contribution in [0.1, 0.15) is 11.1 Å². The van der Waals surface area contributed by atoms with Crippen molar-refractivity contribution in [1.29, 1.82) is 0 Å². The molecule has 0 spiro atoms. The molecule has 0 unspecified atom stereocenters. The van der Waals surface area contributed by atoms with Crippen molar-refractivity contribution in [2.75, 3.05) is 43.8 Å². The molecule has 8 nitrogen and oxygen atoms in total. The Hall–Kier alpha value is -3.77. The number of fused-ring (bicyclic) bond motifs is 1. The van der Waals surface area contributed by atoms with Crippen LogP contribution in [-0.2, 0) is 27.5 Å². The van der Waals surface area contributed by atoms with E-state index in [2.05, 4.69) is 4.90 Å². The number of hydrogen-bond acceptors (Lipinski definition) is 6. The zero-order valence-electron chi connectivity index (χ0n) is 20.8. The van der Waals surface area contributed by atoms with Gasteiger partial charge in [-0.3, -0.25) is 14.0 Å². The van der Waals surface area contributed by atoms with Gasteiger partial charge in [-0.25, -0.2) is 8.42 Å². The van der Waals surface area contributed by atoms with Crippen molar-refractivity contribution in [1.82, 2.24) is 9.80 Å². The summed E-state index contributed by atoms with van der Waals surface area (Å²) in [6.07, 6.45) is -4.67. The first-order valence-electron chi connectivity index (χ1n) is 12.2. The summed E-state index contributed by atoms with van der Waals surface area (Å²) in [5.41, 5.74) is -0.204. The lowest BCUT2D eigenvalue weighted by Crippen LogP contribution is -2.51. The van der Waals surface area contributed by atoms with Crippen LogP contribution in [-0.4, -0.2) is 63.6 Å². The molecular weight excluding hydrogens is 535 g/mol. The van der Waals surface area contributed by atoms with Gasteiger partial charge in [0.1, 0.15) is 6.54 Å². The number of ether oxygens (including phenoxy) is 2. The summed E-state index contributed by atoms with van der Waals surface area (Å²) >= 11 is 0. The monoisotopic (exact) mass is 561 g/mol. The van der Waals surface area contributed by atoms with Crippen LogP contribution in [0.5, 0.6) is 11.5 Å². The minimum Gasteiger partial charge on any atom is -0.454 e. The van der Waals surface area contributed by atoms with Crippen molar-refractivity contribution in [3.05, 3.63) is 83.9 Å². The SMILES string of the molecule is O=C(CN(c1cccc(C(F)(F)F)c1)S(=O)(=O)c1ccccc1)N1CCN(Cc2ccc3c(c2)OCO3)CC1. The molecule has 2 aliphatic rings. The van der Waals surface area contributed by atoms with Crippen LogP contribution in [0.4, 0.5) is 18.9 Å². The molecule has 0 atom stereocenters. The van der Waals surface area contributed by atoms with E-state index in [1.165, 1.54) is 35.2 Å². The lowest BCUT2D eigenvalue weighted by atomic mass is 10.1. The van der Waals surface area contributed by atoms with E-state index in [1.807, 2.05) is 18.2 Å². The summed E-state index contributed by atoms with van der Waals surface area (Å²) in [4.78, 5) is 16.9. The molecule has 2 heterocycles. The maximum Gasteiger partial charge on any atom is 0.416 e. The Balaban J connectivity index is 1.30. The summed E-state index contributed by atoms with van der Waals surface area (Å²) in [7, 11) is -4.32. The average molecular weight is 562 g/mol. The van der Waals surface area contributed by atoms with E-state index in [9.17, 15) is 26.4 Å². The van der Waals surface area contributed by atoms with Crippen LogP contribution in [0.2, 0.25) is 0 Å². The highest BCUT2D eigenvalue weighted by Gasteiger charge is 2.34. The van der Waals surface area contributed by atoms with Gasteiger partial charge in [0.2, 0.25) is 12.7 Å². The first kappa shape index (κ1) is 26.8. The highest BCUT2D eigenvalue weighted by molar-refractivity contribution is 7.92. The number of carbonyl (C=O) groups excluding carboxylic acids is 1. The highest BCUT2D eigenvalue weighted by atomic mass is 32.2. The van der Waals surface area contributed by atoms with Gasteiger partial charge in [0.15, 0.2) is 11.5 Å². The summed E-state index contributed by atoms with van der Waals surface area (Å²) < 4.78 is 78.7. The normalized spacial score (nSPS) is 15.8. The molecule has 0 aliphatic carbocycles. The Bertz CT molecular complexity index is 1440. The quantitative estimate of drug-likeness (QED) is 0.435. The molecule has 3 aromatic rings. The minimum absolute atomic E-state index is 0.122. The number of carbonyl (C=O) groups is 1. The number of piperazine rings is 1. The Morgan fingerprint density at radius 3 is 2.31 bits per heavy atom. The van der Waals surface area contributed by atoms with Gasteiger partial charge < -0.3 is 14.4 Å². The third kappa shape index (κ3) is 5.96. The maximum absolute atomic E-state index is 13.5. The van der Waals surface area contributed by atoms with Gasteiger partial charge in [0.05, 0.1) is 16.1 Å². The predicted octanol–water partition coefficient (Wildman–Crippen LogP) is 3.97. The molecule has 39 heavy (non-hydrogen) atoms. The van der Waals surface area contributed by atoms with Gasteiger partial charge in [-0.15, -0.1) is 0 Å². The van der Waals surface area contributed by atoms with Crippen LogP contribution in [0.25, 0.3) is 0 Å². The Labute approximate surface area is 224 Å². The molecule has 2 aliphatic heterocycles. The van der Waals surface area contributed by atoms with E-state index < -0.39 is 34.2 Å². The second-order valence-electron chi connectivity index (χ2n) is 9.22. The molecule has 1 amide bonds. The lowest BCUT2D eigenvalue weighted by molar-refractivity contribution is -0.137. The van der Waals surface area contributed by atoms with E-state index in [0.717, 1.165) is 28.1 Å². The predicted molar refractivity (Wildman–Crippen MR) is 137 cm³/mol. The Morgan fingerprint density at radius 2 is 1.59 bits per heavy atom. The van der Waals surface area contributed by atoms with Gasteiger partial charge in [-0.05, 0) is 48.0 Å². The van der Waals surface area contributed by atoms with E-state index in [1.54, 1.807) is 6.07 Å².